The summed E-state index contributed by atoms with van der Waals surface area (Å²) in [5.41, 5.74) is 2.03. The van der Waals surface area contributed by atoms with E-state index in [0.717, 1.165) is 11.4 Å². The largest absolute Gasteiger partial charge is 0.336 e. The van der Waals surface area contributed by atoms with Crippen molar-refractivity contribution in [1.82, 2.24) is 14.9 Å². The molecule has 2 N–H and O–H groups in total. The van der Waals surface area contributed by atoms with E-state index < -0.39 is 0 Å². The van der Waals surface area contributed by atoms with E-state index in [9.17, 15) is 4.79 Å². The van der Waals surface area contributed by atoms with Gasteiger partial charge in [0.15, 0.2) is 0 Å². The van der Waals surface area contributed by atoms with Crippen LogP contribution in [-0.4, -0.2) is 26.9 Å². The van der Waals surface area contributed by atoms with Crippen LogP contribution >= 0.6 is 11.8 Å². The lowest BCUT2D eigenvalue weighted by Gasteiger charge is -2.17. The number of hydrogen-bond acceptors (Lipinski definition) is 3. The molecule has 5 nitrogen and oxygen atoms in total. The number of nitrogens with one attached hydrogen (secondary N) is 2. The number of amides is 2. The molecule has 0 aliphatic rings. The summed E-state index contributed by atoms with van der Waals surface area (Å²) in [6.07, 6.45) is 5.33. The zero-order chi connectivity index (χ0) is 16.7. The molecule has 0 unspecified atom stereocenters. The van der Waals surface area contributed by atoms with Crippen LogP contribution in [0.3, 0.4) is 0 Å². The minimum atomic E-state index is -0.189. The predicted octanol–water partition coefficient (Wildman–Crippen LogP) is 3.74. The molecule has 0 spiro atoms. The SMILES string of the molecule is CC(C)(C)SCc1cccc(NC(=O)NCCn2ccnc2)c1. The first kappa shape index (κ1) is 17.4. The lowest BCUT2D eigenvalue weighted by atomic mass is 10.2. The maximum atomic E-state index is 11.9. The van der Waals surface area contributed by atoms with Gasteiger partial charge in [-0.2, -0.15) is 11.8 Å². The predicted molar refractivity (Wildman–Crippen MR) is 96.7 cm³/mol. The molecule has 1 heterocycles. The zero-order valence-electron chi connectivity index (χ0n) is 13.9. The normalized spacial score (nSPS) is 11.3. The number of carbonyl (C=O) groups excluding carboxylic acids is 1. The Morgan fingerprint density at radius 1 is 1.35 bits per heavy atom. The first-order valence-electron chi connectivity index (χ1n) is 7.66. The van der Waals surface area contributed by atoms with E-state index in [4.69, 9.17) is 0 Å². The van der Waals surface area contributed by atoms with Crippen molar-refractivity contribution >= 4 is 23.5 Å². The van der Waals surface area contributed by atoms with Gasteiger partial charge in [-0.3, -0.25) is 0 Å². The van der Waals surface area contributed by atoms with Gasteiger partial charge in [-0.25, -0.2) is 9.78 Å². The van der Waals surface area contributed by atoms with Crippen molar-refractivity contribution in [2.24, 2.45) is 0 Å². The number of thioether (sulfide) groups is 1. The molecular weight excluding hydrogens is 308 g/mol. The number of carbonyl (C=O) groups is 1. The molecule has 0 fully saturated rings. The number of imidazole rings is 1. The molecule has 1 aromatic heterocycles. The van der Waals surface area contributed by atoms with Crippen LogP contribution in [-0.2, 0) is 12.3 Å². The number of benzene rings is 1. The van der Waals surface area contributed by atoms with Crippen molar-refractivity contribution in [2.75, 3.05) is 11.9 Å². The highest BCUT2D eigenvalue weighted by Crippen LogP contribution is 2.27. The molecule has 0 saturated heterocycles. The van der Waals surface area contributed by atoms with E-state index in [0.29, 0.717) is 13.1 Å². The van der Waals surface area contributed by atoms with E-state index in [1.807, 2.05) is 40.7 Å². The van der Waals surface area contributed by atoms with Crippen molar-refractivity contribution in [3.8, 4) is 0 Å². The smallest absolute Gasteiger partial charge is 0.319 e. The molecule has 124 valence electrons. The summed E-state index contributed by atoms with van der Waals surface area (Å²) < 4.78 is 2.15. The molecular formula is C17H24N4OS. The molecule has 0 atom stereocenters. The van der Waals surface area contributed by atoms with Gasteiger partial charge in [0.05, 0.1) is 6.33 Å². The fraction of sp³-hybridized carbons (Fsp3) is 0.412. The van der Waals surface area contributed by atoms with Crippen LogP contribution < -0.4 is 10.6 Å². The highest BCUT2D eigenvalue weighted by molar-refractivity contribution is 7.99. The van der Waals surface area contributed by atoms with Gasteiger partial charge in [-0.05, 0) is 17.7 Å². The number of nitrogens with zero attached hydrogens (tertiary/aromatic N) is 2. The second-order valence-electron chi connectivity index (χ2n) is 6.28. The van der Waals surface area contributed by atoms with Gasteiger partial charge < -0.3 is 15.2 Å². The maximum Gasteiger partial charge on any atom is 0.319 e. The van der Waals surface area contributed by atoms with Crippen LogP contribution in [0.2, 0.25) is 0 Å². The molecule has 0 bridgehead atoms. The monoisotopic (exact) mass is 332 g/mol. The summed E-state index contributed by atoms with van der Waals surface area (Å²) in [4.78, 5) is 15.9. The summed E-state index contributed by atoms with van der Waals surface area (Å²) in [5.74, 6) is 0.932. The molecule has 0 aliphatic heterocycles. The van der Waals surface area contributed by atoms with E-state index in [-0.39, 0.29) is 10.8 Å². The third-order valence-corrected chi connectivity index (χ3v) is 4.42. The Morgan fingerprint density at radius 2 is 2.17 bits per heavy atom. The van der Waals surface area contributed by atoms with Crippen LogP contribution in [0.15, 0.2) is 43.0 Å². The Kier molecular flexibility index (Phi) is 6.10. The Labute approximate surface area is 141 Å². The van der Waals surface area contributed by atoms with Gasteiger partial charge in [0.2, 0.25) is 0 Å². The summed E-state index contributed by atoms with van der Waals surface area (Å²) in [5, 5.41) is 5.72. The lowest BCUT2D eigenvalue weighted by molar-refractivity contribution is 0.251. The summed E-state index contributed by atoms with van der Waals surface area (Å²) >= 11 is 1.89. The quantitative estimate of drug-likeness (QED) is 0.847. The van der Waals surface area contributed by atoms with Crippen LogP contribution in [0, 0.1) is 0 Å². The van der Waals surface area contributed by atoms with Crippen LogP contribution in [0.25, 0.3) is 0 Å². The molecule has 0 aliphatic carbocycles. The second-order valence-corrected chi connectivity index (χ2v) is 8.08. The molecule has 2 amide bonds. The Hall–Kier alpha value is -1.95. The summed E-state index contributed by atoms with van der Waals surface area (Å²) in [6, 6.07) is 7.79. The van der Waals surface area contributed by atoms with Gasteiger partial charge in [0, 0.05) is 41.7 Å². The number of hydrogen-bond donors (Lipinski definition) is 2. The number of aromatic nitrogens is 2. The van der Waals surface area contributed by atoms with Gasteiger partial charge in [-0.1, -0.05) is 32.9 Å². The van der Waals surface area contributed by atoms with Crippen LogP contribution in [0.4, 0.5) is 10.5 Å². The molecule has 1 aromatic carbocycles. The van der Waals surface area contributed by atoms with Gasteiger partial charge in [0.25, 0.3) is 0 Å². The summed E-state index contributed by atoms with van der Waals surface area (Å²) in [7, 11) is 0. The number of anilines is 1. The third kappa shape index (κ3) is 6.78. The van der Waals surface area contributed by atoms with Crippen molar-refractivity contribution in [1.29, 1.82) is 0 Å². The number of rotatable bonds is 6. The molecule has 2 rings (SSSR count). The zero-order valence-corrected chi connectivity index (χ0v) is 14.7. The Balaban J connectivity index is 1.78. The van der Waals surface area contributed by atoms with Crippen molar-refractivity contribution in [3.63, 3.8) is 0 Å². The average molecular weight is 332 g/mol. The van der Waals surface area contributed by atoms with E-state index in [2.05, 4.69) is 42.5 Å². The highest BCUT2D eigenvalue weighted by Gasteiger charge is 2.10. The topological polar surface area (TPSA) is 59.0 Å². The van der Waals surface area contributed by atoms with E-state index in [1.165, 1.54) is 5.56 Å². The van der Waals surface area contributed by atoms with Crippen molar-refractivity contribution in [2.45, 2.75) is 37.8 Å². The molecule has 6 heteroatoms. The standard InChI is InChI=1S/C17H24N4OS/c1-17(2,3)23-12-14-5-4-6-15(11-14)20-16(22)19-8-10-21-9-7-18-13-21/h4-7,9,11,13H,8,10,12H2,1-3H3,(H2,19,20,22). The van der Waals surface area contributed by atoms with Crippen LogP contribution in [0.1, 0.15) is 26.3 Å². The molecule has 2 aromatic rings. The Morgan fingerprint density at radius 3 is 2.87 bits per heavy atom. The average Bonchev–Trinajstić information content (AvgIpc) is 2.98. The lowest BCUT2D eigenvalue weighted by Crippen LogP contribution is -2.31. The first-order chi connectivity index (χ1) is 10.9. The van der Waals surface area contributed by atoms with Gasteiger partial charge in [0.1, 0.15) is 0 Å². The minimum Gasteiger partial charge on any atom is -0.336 e. The van der Waals surface area contributed by atoms with E-state index in [1.54, 1.807) is 12.5 Å². The van der Waals surface area contributed by atoms with E-state index >= 15 is 0 Å². The Bertz CT molecular complexity index is 620. The summed E-state index contributed by atoms with van der Waals surface area (Å²) in [6.45, 7) is 7.87. The maximum absolute atomic E-state index is 11.9. The molecule has 0 radical (unpaired) electrons. The molecule has 0 saturated carbocycles. The van der Waals surface area contributed by atoms with Crippen molar-refractivity contribution < 1.29 is 4.79 Å². The number of urea groups is 1. The molecule has 23 heavy (non-hydrogen) atoms. The fourth-order valence-corrected chi connectivity index (χ4v) is 2.71. The highest BCUT2D eigenvalue weighted by atomic mass is 32.2. The van der Waals surface area contributed by atoms with Crippen LogP contribution in [0.5, 0.6) is 0 Å². The fourth-order valence-electron chi connectivity index (χ4n) is 1.93. The van der Waals surface area contributed by atoms with Gasteiger partial charge >= 0.3 is 6.03 Å². The third-order valence-electron chi connectivity index (χ3n) is 3.07. The first-order valence-corrected chi connectivity index (χ1v) is 8.64. The van der Waals surface area contributed by atoms with Crippen molar-refractivity contribution in [3.05, 3.63) is 48.5 Å². The van der Waals surface area contributed by atoms with Gasteiger partial charge in [-0.15, -0.1) is 0 Å². The second kappa shape index (κ2) is 8.06. The minimum absolute atomic E-state index is 0.189.